The lowest BCUT2D eigenvalue weighted by atomic mass is 10.1. The minimum absolute atomic E-state index is 0.0347. The Morgan fingerprint density at radius 3 is 2.50 bits per heavy atom. The van der Waals surface area contributed by atoms with Crippen molar-refractivity contribution in [1.29, 1.82) is 0 Å². The standard InChI is InChI=1S/C24H21Cl2N5O2S/c1-14-22(10-19-20(25)4-3-5-21(19)26)27-24(28-23(14)33)34-13-18-12-31(30-29-18)11-16-6-8-17(9-7-16)15(2)32/h3-9,12H,10-11,13H2,1-2H3,(H,27,28,33). The molecule has 0 aliphatic carbocycles. The largest absolute Gasteiger partial charge is 0.301 e. The highest BCUT2D eigenvalue weighted by Gasteiger charge is 2.14. The number of halogens is 2. The number of rotatable bonds is 8. The third-order valence-electron chi connectivity index (χ3n) is 5.28. The molecule has 0 unspecified atom stereocenters. The van der Waals surface area contributed by atoms with Gasteiger partial charge >= 0.3 is 0 Å². The van der Waals surface area contributed by atoms with Crippen LogP contribution in [-0.2, 0) is 18.7 Å². The quantitative estimate of drug-likeness (QED) is 0.200. The molecule has 0 bridgehead atoms. The molecule has 174 valence electrons. The lowest BCUT2D eigenvalue weighted by molar-refractivity contribution is 0.101. The Labute approximate surface area is 210 Å². The first-order chi connectivity index (χ1) is 16.3. The van der Waals surface area contributed by atoms with Crippen LogP contribution in [0.2, 0.25) is 10.0 Å². The number of H-pyrrole nitrogens is 1. The minimum Gasteiger partial charge on any atom is -0.301 e. The summed E-state index contributed by atoms with van der Waals surface area (Å²) in [5.74, 6) is 0.522. The Kier molecular flexibility index (Phi) is 7.50. The van der Waals surface area contributed by atoms with Crippen LogP contribution in [-0.4, -0.2) is 30.7 Å². The summed E-state index contributed by atoms with van der Waals surface area (Å²) >= 11 is 14.0. The zero-order valence-corrected chi connectivity index (χ0v) is 20.8. The van der Waals surface area contributed by atoms with E-state index in [1.54, 1.807) is 48.9 Å². The van der Waals surface area contributed by atoms with E-state index in [1.807, 2.05) is 18.3 Å². The Morgan fingerprint density at radius 1 is 1.12 bits per heavy atom. The van der Waals surface area contributed by atoms with Crippen LogP contribution in [0.5, 0.6) is 0 Å². The third-order valence-corrected chi connectivity index (χ3v) is 6.90. The minimum atomic E-state index is -0.201. The molecule has 1 N–H and O–H groups in total. The average molecular weight is 514 g/mol. The summed E-state index contributed by atoms with van der Waals surface area (Å²) < 4.78 is 1.73. The van der Waals surface area contributed by atoms with Crippen LogP contribution >= 0.6 is 35.0 Å². The Hall–Kier alpha value is -2.94. The molecule has 0 atom stereocenters. The SMILES string of the molecule is CC(=O)c1ccc(Cn2cc(CSc3nc(Cc4c(Cl)cccc4Cl)c(C)c(=O)[nH]3)nn2)cc1. The van der Waals surface area contributed by atoms with Gasteiger partial charge in [-0.15, -0.1) is 5.10 Å². The molecule has 34 heavy (non-hydrogen) atoms. The van der Waals surface area contributed by atoms with Crippen LogP contribution in [0.4, 0.5) is 0 Å². The number of thioether (sulfide) groups is 1. The summed E-state index contributed by atoms with van der Waals surface area (Å²) in [7, 11) is 0. The maximum Gasteiger partial charge on any atom is 0.254 e. The highest BCUT2D eigenvalue weighted by molar-refractivity contribution is 7.98. The number of nitrogens with one attached hydrogen (secondary N) is 1. The summed E-state index contributed by atoms with van der Waals surface area (Å²) in [5, 5.41) is 9.94. The fourth-order valence-electron chi connectivity index (χ4n) is 3.32. The number of hydrogen-bond acceptors (Lipinski definition) is 6. The number of benzene rings is 2. The predicted octanol–water partition coefficient (Wildman–Crippen LogP) is 5.11. The number of hydrogen-bond donors (Lipinski definition) is 1. The van der Waals surface area contributed by atoms with Gasteiger partial charge in [0, 0.05) is 39.5 Å². The zero-order valence-electron chi connectivity index (χ0n) is 18.5. The van der Waals surface area contributed by atoms with Crippen molar-refractivity contribution in [3.8, 4) is 0 Å². The number of carbonyl (C=O) groups excluding carboxylic acids is 1. The van der Waals surface area contributed by atoms with Crippen LogP contribution in [0.25, 0.3) is 0 Å². The number of aromatic amines is 1. The molecule has 4 aromatic rings. The molecule has 0 spiro atoms. The van der Waals surface area contributed by atoms with E-state index in [0.717, 1.165) is 16.8 Å². The van der Waals surface area contributed by atoms with Crippen LogP contribution in [0, 0.1) is 6.92 Å². The number of aromatic nitrogens is 5. The van der Waals surface area contributed by atoms with Crippen LogP contribution in [0.15, 0.2) is 58.6 Å². The maximum atomic E-state index is 12.5. The van der Waals surface area contributed by atoms with Gasteiger partial charge in [-0.2, -0.15) is 0 Å². The van der Waals surface area contributed by atoms with Gasteiger partial charge < -0.3 is 4.98 Å². The predicted molar refractivity (Wildman–Crippen MR) is 134 cm³/mol. The summed E-state index contributed by atoms with van der Waals surface area (Å²) in [6, 6.07) is 12.7. The van der Waals surface area contributed by atoms with E-state index >= 15 is 0 Å². The van der Waals surface area contributed by atoms with Crippen molar-refractivity contribution in [2.24, 2.45) is 0 Å². The van der Waals surface area contributed by atoms with Crippen LogP contribution in [0.3, 0.4) is 0 Å². The molecule has 0 fully saturated rings. The lowest BCUT2D eigenvalue weighted by Gasteiger charge is -2.10. The van der Waals surface area contributed by atoms with E-state index in [9.17, 15) is 9.59 Å². The van der Waals surface area contributed by atoms with E-state index in [2.05, 4.69) is 20.3 Å². The van der Waals surface area contributed by atoms with E-state index in [0.29, 0.717) is 50.7 Å². The number of nitrogens with zero attached hydrogens (tertiary/aromatic N) is 4. The van der Waals surface area contributed by atoms with E-state index < -0.39 is 0 Å². The van der Waals surface area contributed by atoms with Crippen LogP contribution in [0.1, 0.15) is 45.4 Å². The van der Waals surface area contributed by atoms with Gasteiger partial charge in [-0.1, -0.05) is 70.5 Å². The van der Waals surface area contributed by atoms with Gasteiger partial charge in [-0.25, -0.2) is 9.67 Å². The summed E-state index contributed by atoms with van der Waals surface area (Å²) in [5.41, 5.74) is 4.14. The lowest BCUT2D eigenvalue weighted by Crippen LogP contribution is -2.16. The van der Waals surface area contributed by atoms with E-state index in [1.165, 1.54) is 11.8 Å². The monoisotopic (exact) mass is 513 g/mol. The van der Waals surface area contributed by atoms with Gasteiger partial charge in [0.05, 0.1) is 17.9 Å². The Morgan fingerprint density at radius 2 is 1.82 bits per heavy atom. The van der Waals surface area contributed by atoms with Gasteiger partial charge in [0.1, 0.15) is 0 Å². The Bertz CT molecular complexity index is 1380. The molecule has 0 aliphatic heterocycles. The summed E-state index contributed by atoms with van der Waals surface area (Å²) in [4.78, 5) is 31.3. The second-order valence-corrected chi connectivity index (χ2v) is 9.55. The van der Waals surface area contributed by atoms with Gasteiger partial charge in [-0.3, -0.25) is 9.59 Å². The van der Waals surface area contributed by atoms with Gasteiger partial charge in [0.2, 0.25) is 0 Å². The zero-order chi connectivity index (χ0) is 24.2. The average Bonchev–Trinajstić information content (AvgIpc) is 3.25. The molecule has 2 aromatic heterocycles. The van der Waals surface area contributed by atoms with Gasteiger partial charge in [0.25, 0.3) is 5.56 Å². The molecule has 0 saturated carbocycles. The Balaban J connectivity index is 1.44. The number of Topliss-reactive ketones (excluding diaryl/α,β-unsaturated/α-hetero) is 1. The highest BCUT2D eigenvalue weighted by Crippen LogP contribution is 2.27. The molecule has 0 saturated heterocycles. The molecule has 0 amide bonds. The van der Waals surface area contributed by atoms with Crippen molar-refractivity contribution >= 4 is 40.7 Å². The third kappa shape index (κ3) is 5.75. The normalized spacial score (nSPS) is 11.1. The molecule has 2 aromatic carbocycles. The van der Waals surface area contributed by atoms with Crippen molar-refractivity contribution in [3.05, 3.63) is 103 Å². The molecule has 7 nitrogen and oxygen atoms in total. The molecular weight excluding hydrogens is 493 g/mol. The fraction of sp³-hybridized carbons (Fsp3) is 0.208. The fourth-order valence-corrected chi connectivity index (χ4v) is 4.61. The maximum absolute atomic E-state index is 12.5. The van der Waals surface area contributed by atoms with Crippen molar-refractivity contribution in [1.82, 2.24) is 25.0 Å². The first-order valence-electron chi connectivity index (χ1n) is 10.4. The van der Waals surface area contributed by atoms with Crippen LogP contribution < -0.4 is 5.56 Å². The van der Waals surface area contributed by atoms with Crippen molar-refractivity contribution in [3.63, 3.8) is 0 Å². The summed E-state index contributed by atoms with van der Waals surface area (Å²) in [6.45, 7) is 3.81. The number of carbonyl (C=O) groups is 1. The van der Waals surface area contributed by atoms with Crippen molar-refractivity contribution in [2.45, 2.75) is 37.7 Å². The van der Waals surface area contributed by atoms with Gasteiger partial charge in [-0.05, 0) is 37.1 Å². The first-order valence-corrected chi connectivity index (χ1v) is 12.2. The molecule has 10 heteroatoms. The van der Waals surface area contributed by atoms with E-state index in [4.69, 9.17) is 23.2 Å². The highest BCUT2D eigenvalue weighted by atomic mass is 35.5. The van der Waals surface area contributed by atoms with Gasteiger partial charge in [0.15, 0.2) is 10.9 Å². The summed E-state index contributed by atoms with van der Waals surface area (Å²) in [6.07, 6.45) is 2.21. The molecular formula is C24H21Cl2N5O2S. The molecule has 0 aliphatic rings. The second-order valence-electron chi connectivity index (χ2n) is 7.77. The molecule has 2 heterocycles. The van der Waals surface area contributed by atoms with E-state index in [-0.39, 0.29) is 11.3 Å². The topological polar surface area (TPSA) is 93.5 Å². The second kappa shape index (κ2) is 10.5. The smallest absolute Gasteiger partial charge is 0.254 e. The molecule has 0 radical (unpaired) electrons. The van der Waals surface area contributed by atoms with Crippen molar-refractivity contribution in [2.75, 3.05) is 0 Å². The first kappa shape index (κ1) is 24.2. The number of ketones is 1. The molecule has 4 rings (SSSR count). The van der Waals surface area contributed by atoms with Crippen molar-refractivity contribution < 1.29 is 4.79 Å².